The Hall–Kier alpha value is -4.45. The predicted octanol–water partition coefficient (Wildman–Crippen LogP) is 3.95. The predicted molar refractivity (Wildman–Crippen MR) is 124 cm³/mol. The first-order valence-electron chi connectivity index (χ1n) is 10.0. The molecule has 35 heavy (non-hydrogen) atoms. The zero-order valence-electron chi connectivity index (χ0n) is 18.5. The molecular weight excluding hydrogens is 479 g/mol. The molecule has 0 bridgehead atoms. The van der Waals surface area contributed by atoms with Crippen LogP contribution in [0.4, 0.5) is 16.1 Å². The first-order chi connectivity index (χ1) is 16.8. The number of benzene rings is 3. The summed E-state index contributed by atoms with van der Waals surface area (Å²) in [6.07, 6.45) is 0. The Kier molecular flexibility index (Phi) is 6.64. The second-order valence-corrected chi connectivity index (χ2v) is 8.75. The van der Waals surface area contributed by atoms with Gasteiger partial charge in [-0.25, -0.2) is 12.8 Å². The molecule has 0 saturated heterocycles. The molecule has 180 valence electrons. The fraction of sp³-hybridized carbons (Fsp3) is 0.0870. The summed E-state index contributed by atoms with van der Waals surface area (Å²) in [5.41, 5.74) is 0.952. The molecule has 12 heteroatoms. The van der Waals surface area contributed by atoms with Crippen molar-refractivity contribution < 1.29 is 31.5 Å². The van der Waals surface area contributed by atoms with Crippen molar-refractivity contribution in [1.82, 2.24) is 10.2 Å². The molecule has 1 amide bonds. The number of carbonyl (C=O) groups is 1. The summed E-state index contributed by atoms with van der Waals surface area (Å²) in [6, 6.07) is 15.0. The van der Waals surface area contributed by atoms with Crippen molar-refractivity contribution in [3.8, 4) is 23.0 Å². The summed E-state index contributed by atoms with van der Waals surface area (Å²) in [5, 5.41) is 10.2. The maximum absolute atomic E-state index is 13.0. The summed E-state index contributed by atoms with van der Waals surface area (Å²) >= 11 is 0. The zero-order valence-corrected chi connectivity index (χ0v) is 19.3. The molecule has 0 fully saturated rings. The molecule has 4 rings (SSSR count). The van der Waals surface area contributed by atoms with E-state index in [0.717, 1.165) is 24.3 Å². The number of amides is 1. The summed E-state index contributed by atoms with van der Waals surface area (Å²) in [4.78, 5) is 12.5. The fourth-order valence-corrected chi connectivity index (χ4v) is 4.10. The normalized spacial score (nSPS) is 11.1. The Morgan fingerprint density at radius 1 is 0.943 bits per heavy atom. The Labute approximate surface area is 199 Å². The van der Waals surface area contributed by atoms with Crippen LogP contribution in [-0.4, -0.2) is 38.7 Å². The van der Waals surface area contributed by atoms with Crippen LogP contribution < -0.4 is 19.5 Å². The van der Waals surface area contributed by atoms with Gasteiger partial charge in [0, 0.05) is 17.3 Å². The molecule has 0 atom stereocenters. The van der Waals surface area contributed by atoms with Gasteiger partial charge < -0.3 is 13.9 Å². The first-order valence-corrected chi connectivity index (χ1v) is 11.5. The third kappa shape index (κ3) is 5.38. The standard InChI is InChI=1S/C23H19FN4O6S/c1-32-17-9-12-19(20(13-17)33-2)22-26-27-23(34-22)25-21(29)14-3-7-16(8-4-14)28-35(30,31)18-10-5-15(24)6-11-18/h3-13,28H,1-2H3,(H,25,27,29). The van der Waals surface area contributed by atoms with Crippen LogP contribution in [0.15, 0.2) is 76.0 Å². The van der Waals surface area contributed by atoms with Gasteiger partial charge in [-0.1, -0.05) is 5.10 Å². The third-order valence-corrected chi connectivity index (χ3v) is 6.21. The van der Waals surface area contributed by atoms with Gasteiger partial charge in [0.1, 0.15) is 17.3 Å². The molecule has 0 radical (unpaired) electrons. The van der Waals surface area contributed by atoms with Crippen LogP contribution in [0.1, 0.15) is 10.4 Å². The van der Waals surface area contributed by atoms with Gasteiger partial charge in [0.25, 0.3) is 21.8 Å². The van der Waals surface area contributed by atoms with Crippen molar-refractivity contribution in [2.24, 2.45) is 0 Å². The van der Waals surface area contributed by atoms with Crippen LogP contribution in [0.2, 0.25) is 0 Å². The molecule has 0 spiro atoms. The number of hydrogen-bond donors (Lipinski definition) is 2. The number of sulfonamides is 1. The van der Waals surface area contributed by atoms with Crippen LogP contribution in [-0.2, 0) is 10.0 Å². The largest absolute Gasteiger partial charge is 0.497 e. The summed E-state index contributed by atoms with van der Waals surface area (Å²) < 4.78 is 56.3. The van der Waals surface area contributed by atoms with Gasteiger partial charge in [-0.3, -0.25) is 14.8 Å². The van der Waals surface area contributed by atoms with Crippen molar-refractivity contribution in [3.05, 3.63) is 78.1 Å². The minimum absolute atomic E-state index is 0.0959. The van der Waals surface area contributed by atoms with Crippen LogP contribution in [0.5, 0.6) is 11.5 Å². The number of hydrogen-bond acceptors (Lipinski definition) is 8. The lowest BCUT2D eigenvalue weighted by Crippen LogP contribution is -2.14. The average molecular weight is 498 g/mol. The Morgan fingerprint density at radius 3 is 2.31 bits per heavy atom. The van der Waals surface area contributed by atoms with Crippen molar-refractivity contribution in [2.75, 3.05) is 24.3 Å². The molecule has 1 heterocycles. The molecule has 0 aliphatic heterocycles. The van der Waals surface area contributed by atoms with Crippen molar-refractivity contribution in [2.45, 2.75) is 4.90 Å². The SMILES string of the molecule is COc1ccc(-c2nnc(NC(=O)c3ccc(NS(=O)(=O)c4ccc(F)cc4)cc3)o2)c(OC)c1. The van der Waals surface area contributed by atoms with Crippen LogP contribution >= 0.6 is 0 Å². The quantitative estimate of drug-likeness (QED) is 0.373. The molecule has 2 N–H and O–H groups in total. The number of rotatable bonds is 8. The van der Waals surface area contributed by atoms with E-state index in [1.54, 1.807) is 18.2 Å². The Morgan fingerprint density at radius 2 is 1.66 bits per heavy atom. The van der Waals surface area contributed by atoms with Crippen molar-refractivity contribution >= 4 is 27.6 Å². The van der Waals surface area contributed by atoms with E-state index < -0.39 is 21.7 Å². The Bertz CT molecular complexity index is 1450. The Balaban J connectivity index is 1.44. The topological polar surface area (TPSA) is 133 Å². The molecule has 10 nitrogen and oxygen atoms in total. The molecule has 0 unspecified atom stereocenters. The van der Waals surface area contributed by atoms with Gasteiger partial charge in [0.05, 0.1) is 24.7 Å². The van der Waals surface area contributed by atoms with Gasteiger partial charge in [-0.05, 0) is 60.7 Å². The highest BCUT2D eigenvalue weighted by Gasteiger charge is 2.18. The highest BCUT2D eigenvalue weighted by atomic mass is 32.2. The highest BCUT2D eigenvalue weighted by Crippen LogP contribution is 2.33. The van der Waals surface area contributed by atoms with Gasteiger partial charge in [-0.2, -0.15) is 0 Å². The van der Waals surface area contributed by atoms with E-state index in [0.29, 0.717) is 17.1 Å². The fourth-order valence-electron chi connectivity index (χ4n) is 3.04. The number of nitrogens with one attached hydrogen (secondary N) is 2. The number of halogens is 1. The van der Waals surface area contributed by atoms with E-state index in [-0.39, 0.29) is 28.1 Å². The monoisotopic (exact) mass is 498 g/mol. The molecule has 0 aliphatic rings. The number of carbonyl (C=O) groups excluding carboxylic acids is 1. The molecule has 0 aliphatic carbocycles. The van der Waals surface area contributed by atoms with E-state index in [2.05, 4.69) is 20.2 Å². The van der Waals surface area contributed by atoms with Gasteiger partial charge in [0.15, 0.2) is 0 Å². The van der Waals surface area contributed by atoms with Crippen LogP contribution in [0.3, 0.4) is 0 Å². The smallest absolute Gasteiger partial charge is 0.322 e. The van der Waals surface area contributed by atoms with E-state index >= 15 is 0 Å². The van der Waals surface area contributed by atoms with Gasteiger partial charge in [0.2, 0.25) is 0 Å². The number of ether oxygens (including phenoxy) is 2. The van der Waals surface area contributed by atoms with Crippen molar-refractivity contribution in [3.63, 3.8) is 0 Å². The first kappa shape index (κ1) is 23.7. The summed E-state index contributed by atoms with van der Waals surface area (Å²) in [7, 11) is -0.898. The second-order valence-electron chi connectivity index (χ2n) is 7.07. The number of anilines is 2. The summed E-state index contributed by atoms with van der Waals surface area (Å²) in [5.74, 6) is 0.0719. The van der Waals surface area contributed by atoms with Crippen LogP contribution in [0.25, 0.3) is 11.5 Å². The number of methoxy groups -OCH3 is 2. The lowest BCUT2D eigenvalue weighted by molar-refractivity contribution is 0.102. The van der Waals surface area contributed by atoms with E-state index in [1.165, 1.54) is 38.5 Å². The maximum atomic E-state index is 13.0. The zero-order chi connectivity index (χ0) is 25.0. The highest BCUT2D eigenvalue weighted by molar-refractivity contribution is 7.92. The number of nitrogens with zero attached hydrogens (tertiary/aromatic N) is 2. The molecular formula is C23H19FN4O6S. The number of aromatic nitrogens is 2. The van der Waals surface area contributed by atoms with E-state index in [1.807, 2.05) is 0 Å². The van der Waals surface area contributed by atoms with Gasteiger partial charge in [-0.15, -0.1) is 5.10 Å². The molecule has 0 saturated carbocycles. The lowest BCUT2D eigenvalue weighted by Gasteiger charge is -2.09. The van der Waals surface area contributed by atoms with Crippen molar-refractivity contribution in [1.29, 1.82) is 0 Å². The lowest BCUT2D eigenvalue weighted by atomic mass is 10.2. The van der Waals surface area contributed by atoms with Gasteiger partial charge >= 0.3 is 6.01 Å². The van der Waals surface area contributed by atoms with E-state index in [9.17, 15) is 17.6 Å². The summed E-state index contributed by atoms with van der Waals surface area (Å²) in [6.45, 7) is 0. The minimum Gasteiger partial charge on any atom is -0.497 e. The third-order valence-electron chi connectivity index (χ3n) is 4.81. The average Bonchev–Trinajstić information content (AvgIpc) is 3.32. The van der Waals surface area contributed by atoms with E-state index in [4.69, 9.17) is 13.9 Å². The molecule has 3 aromatic carbocycles. The molecule has 1 aromatic heterocycles. The maximum Gasteiger partial charge on any atom is 0.322 e. The second kappa shape index (κ2) is 9.81. The molecule has 4 aromatic rings. The minimum atomic E-state index is -3.91. The van der Waals surface area contributed by atoms with Crippen LogP contribution in [0, 0.1) is 5.82 Å².